The number of hydrogen-bond donors (Lipinski definition) is 2. The quantitative estimate of drug-likeness (QED) is 0.745. The Hall–Kier alpha value is -2.28. The summed E-state index contributed by atoms with van der Waals surface area (Å²) in [5, 5.41) is 23.8. The SMILES string of the molecule is CCc1cc(CC(NC)c2nnnn2C)cc2c(C)[nH]nc12. The number of tetrazole rings is 1. The molecule has 0 aliphatic carbocycles. The van der Waals surface area contributed by atoms with Gasteiger partial charge in [-0.3, -0.25) is 5.10 Å². The summed E-state index contributed by atoms with van der Waals surface area (Å²) in [5.41, 5.74) is 4.71. The van der Waals surface area contributed by atoms with Gasteiger partial charge in [-0.05, 0) is 54.4 Å². The standard InChI is InChI=1S/C15H21N7/c1-5-11-6-10(7-12-9(2)17-18-14(11)12)8-13(16-3)15-19-20-21-22(15)4/h6-7,13,16H,5,8H2,1-4H3,(H,17,18). The lowest BCUT2D eigenvalue weighted by molar-refractivity contribution is 0.523. The number of aromatic amines is 1. The Morgan fingerprint density at radius 3 is 2.82 bits per heavy atom. The molecule has 7 nitrogen and oxygen atoms in total. The highest BCUT2D eigenvalue weighted by molar-refractivity contribution is 5.85. The first-order valence-electron chi connectivity index (χ1n) is 7.50. The van der Waals surface area contributed by atoms with Crippen molar-refractivity contribution in [2.24, 2.45) is 7.05 Å². The van der Waals surface area contributed by atoms with E-state index in [1.165, 1.54) is 16.5 Å². The van der Waals surface area contributed by atoms with Gasteiger partial charge in [-0.2, -0.15) is 5.10 Å². The normalized spacial score (nSPS) is 12.9. The Morgan fingerprint density at radius 1 is 1.36 bits per heavy atom. The van der Waals surface area contributed by atoms with Gasteiger partial charge in [0, 0.05) is 18.1 Å². The molecular weight excluding hydrogens is 278 g/mol. The number of aromatic nitrogens is 6. The number of likely N-dealkylation sites (N-methyl/N-ethyl adjacent to an activating group) is 1. The molecule has 0 radical (unpaired) electrons. The zero-order chi connectivity index (χ0) is 15.7. The first-order valence-corrected chi connectivity index (χ1v) is 7.50. The molecule has 3 aromatic rings. The Bertz CT molecular complexity index is 786. The van der Waals surface area contributed by atoms with Crippen molar-refractivity contribution in [2.75, 3.05) is 7.05 Å². The highest BCUT2D eigenvalue weighted by Gasteiger charge is 2.18. The summed E-state index contributed by atoms with van der Waals surface area (Å²) in [6.45, 7) is 4.21. The van der Waals surface area contributed by atoms with Gasteiger partial charge < -0.3 is 5.32 Å². The van der Waals surface area contributed by atoms with Crippen LogP contribution < -0.4 is 5.32 Å². The molecule has 2 heterocycles. The van der Waals surface area contributed by atoms with E-state index in [2.05, 4.69) is 57.0 Å². The third-order valence-electron chi connectivity index (χ3n) is 4.12. The van der Waals surface area contributed by atoms with Crippen molar-refractivity contribution in [1.29, 1.82) is 0 Å². The maximum Gasteiger partial charge on any atom is 0.168 e. The molecule has 2 N–H and O–H groups in total. The second-order valence-corrected chi connectivity index (χ2v) is 5.56. The molecule has 0 saturated carbocycles. The van der Waals surface area contributed by atoms with Crippen LogP contribution in [0.2, 0.25) is 0 Å². The smallest absolute Gasteiger partial charge is 0.168 e. The number of benzene rings is 1. The first kappa shape index (κ1) is 14.6. The lowest BCUT2D eigenvalue weighted by Crippen LogP contribution is -2.22. The molecule has 0 aliphatic rings. The van der Waals surface area contributed by atoms with Gasteiger partial charge in [-0.25, -0.2) is 4.68 Å². The number of hydrogen-bond acceptors (Lipinski definition) is 5. The summed E-state index contributed by atoms with van der Waals surface area (Å²) in [6.07, 6.45) is 1.79. The van der Waals surface area contributed by atoms with Crippen molar-refractivity contribution in [3.63, 3.8) is 0 Å². The van der Waals surface area contributed by atoms with Crippen LogP contribution >= 0.6 is 0 Å². The highest BCUT2D eigenvalue weighted by Crippen LogP contribution is 2.25. The molecular formula is C15H21N7. The molecule has 7 heteroatoms. The molecule has 1 aromatic carbocycles. The fraction of sp³-hybridized carbons (Fsp3) is 0.467. The van der Waals surface area contributed by atoms with Crippen LogP contribution in [0.1, 0.15) is 35.6 Å². The Morgan fingerprint density at radius 2 is 2.18 bits per heavy atom. The van der Waals surface area contributed by atoms with Crippen LogP contribution in [0.25, 0.3) is 10.9 Å². The number of H-pyrrole nitrogens is 1. The second-order valence-electron chi connectivity index (χ2n) is 5.56. The van der Waals surface area contributed by atoms with Crippen LogP contribution in [0.4, 0.5) is 0 Å². The number of nitrogens with one attached hydrogen (secondary N) is 2. The number of fused-ring (bicyclic) bond motifs is 1. The summed E-state index contributed by atoms with van der Waals surface area (Å²) in [7, 11) is 3.79. The predicted octanol–water partition coefficient (Wildman–Crippen LogP) is 1.46. The monoisotopic (exact) mass is 299 g/mol. The average Bonchev–Trinajstić information content (AvgIpc) is 3.11. The number of aryl methyl sites for hydroxylation is 3. The minimum atomic E-state index is 0.0781. The topological polar surface area (TPSA) is 84.3 Å². The number of nitrogens with zero attached hydrogens (tertiary/aromatic N) is 5. The minimum Gasteiger partial charge on any atom is -0.310 e. The maximum atomic E-state index is 4.42. The van der Waals surface area contributed by atoms with E-state index in [4.69, 9.17) is 0 Å². The van der Waals surface area contributed by atoms with E-state index >= 15 is 0 Å². The first-order chi connectivity index (χ1) is 10.6. The van der Waals surface area contributed by atoms with E-state index in [-0.39, 0.29) is 6.04 Å². The lowest BCUT2D eigenvalue weighted by Gasteiger charge is -2.15. The molecule has 0 spiro atoms. The van der Waals surface area contributed by atoms with Crippen LogP contribution in [0, 0.1) is 6.92 Å². The third-order valence-corrected chi connectivity index (χ3v) is 4.12. The van der Waals surface area contributed by atoms with Gasteiger partial charge >= 0.3 is 0 Å². The molecule has 3 rings (SSSR count). The molecule has 116 valence electrons. The summed E-state index contributed by atoms with van der Waals surface area (Å²) >= 11 is 0. The van der Waals surface area contributed by atoms with Crippen molar-refractivity contribution in [2.45, 2.75) is 32.7 Å². The third kappa shape index (κ3) is 2.48. The van der Waals surface area contributed by atoms with Crippen molar-refractivity contribution in [3.8, 4) is 0 Å². The van der Waals surface area contributed by atoms with Gasteiger partial charge in [0.25, 0.3) is 0 Å². The second kappa shape index (κ2) is 5.84. The van der Waals surface area contributed by atoms with Gasteiger partial charge in [-0.1, -0.05) is 13.0 Å². The molecule has 1 unspecified atom stereocenters. The highest BCUT2D eigenvalue weighted by atomic mass is 15.5. The summed E-state index contributed by atoms with van der Waals surface area (Å²) in [5.74, 6) is 0.838. The molecule has 2 aromatic heterocycles. The van der Waals surface area contributed by atoms with Crippen molar-refractivity contribution in [3.05, 3.63) is 34.8 Å². The van der Waals surface area contributed by atoms with Crippen LogP contribution in [0.3, 0.4) is 0 Å². The maximum absolute atomic E-state index is 4.42. The lowest BCUT2D eigenvalue weighted by atomic mass is 9.98. The Balaban J connectivity index is 1.99. The van der Waals surface area contributed by atoms with Gasteiger partial charge in [0.15, 0.2) is 5.82 Å². The van der Waals surface area contributed by atoms with Gasteiger partial charge in [0.05, 0.1) is 11.6 Å². The molecule has 1 atom stereocenters. The Labute approximate surface area is 129 Å². The van der Waals surface area contributed by atoms with Crippen molar-refractivity contribution >= 4 is 10.9 Å². The summed E-state index contributed by atoms with van der Waals surface area (Å²) in [6, 6.07) is 4.52. The molecule has 22 heavy (non-hydrogen) atoms. The van der Waals surface area contributed by atoms with Crippen LogP contribution in [0.15, 0.2) is 12.1 Å². The van der Waals surface area contributed by atoms with Crippen molar-refractivity contribution < 1.29 is 0 Å². The van der Waals surface area contributed by atoms with E-state index in [0.717, 1.165) is 29.9 Å². The minimum absolute atomic E-state index is 0.0781. The van der Waals surface area contributed by atoms with Gasteiger partial charge in [0.2, 0.25) is 0 Å². The molecule has 0 bridgehead atoms. The zero-order valence-electron chi connectivity index (χ0n) is 13.4. The fourth-order valence-electron chi connectivity index (χ4n) is 2.86. The predicted molar refractivity (Wildman–Crippen MR) is 84.5 cm³/mol. The van der Waals surface area contributed by atoms with E-state index in [1.807, 2.05) is 14.1 Å². The van der Waals surface area contributed by atoms with Crippen LogP contribution in [-0.4, -0.2) is 37.5 Å². The van der Waals surface area contributed by atoms with Gasteiger partial charge in [-0.15, -0.1) is 5.10 Å². The van der Waals surface area contributed by atoms with E-state index in [1.54, 1.807) is 4.68 Å². The van der Waals surface area contributed by atoms with E-state index in [0.29, 0.717) is 0 Å². The number of rotatable bonds is 5. The van der Waals surface area contributed by atoms with E-state index in [9.17, 15) is 0 Å². The zero-order valence-corrected chi connectivity index (χ0v) is 13.4. The molecule has 0 fully saturated rings. The molecule has 0 amide bonds. The summed E-state index contributed by atoms with van der Waals surface area (Å²) in [4.78, 5) is 0. The van der Waals surface area contributed by atoms with Crippen molar-refractivity contribution in [1.82, 2.24) is 35.7 Å². The van der Waals surface area contributed by atoms with Crippen LogP contribution in [0.5, 0.6) is 0 Å². The molecule has 0 aliphatic heterocycles. The molecule has 0 saturated heterocycles. The Kier molecular flexibility index (Phi) is 3.89. The summed E-state index contributed by atoms with van der Waals surface area (Å²) < 4.78 is 1.71. The fourth-order valence-corrected chi connectivity index (χ4v) is 2.86. The van der Waals surface area contributed by atoms with Crippen LogP contribution in [-0.2, 0) is 19.9 Å². The van der Waals surface area contributed by atoms with Gasteiger partial charge in [0.1, 0.15) is 0 Å². The van der Waals surface area contributed by atoms with E-state index < -0.39 is 0 Å². The largest absolute Gasteiger partial charge is 0.310 e. The average molecular weight is 299 g/mol.